The summed E-state index contributed by atoms with van der Waals surface area (Å²) in [5.74, 6) is 0.880. The molecule has 110 valence electrons. The van der Waals surface area contributed by atoms with Crippen LogP contribution in [0.2, 0.25) is 0 Å². The molecule has 5 nitrogen and oxygen atoms in total. The molecule has 0 aromatic carbocycles. The number of nitrogens with zero attached hydrogens (tertiary/aromatic N) is 2. The molecule has 1 aliphatic rings. The standard InChI is InChI=1S/C16H18N2O3/c1-11-13(16(20)18-7-6-12(9-18)10-19)4-5-14(17-11)15-3-2-8-21-15/h2-5,8,12,19H,6-7,9-10H2,1H3. The average molecular weight is 286 g/mol. The molecule has 0 bridgehead atoms. The Balaban J connectivity index is 1.81. The summed E-state index contributed by atoms with van der Waals surface area (Å²) in [5, 5.41) is 9.17. The summed E-state index contributed by atoms with van der Waals surface area (Å²) in [6.45, 7) is 3.29. The second-order valence-corrected chi connectivity index (χ2v) is 5.40. The van der Waals surface area contributed by atoms with Gasteiger partial charge in [-0.25, -0.2) is 4.98 Å². The minimum Gasteiger partial charge on any atom is -0.463 e. The number of hydrogen-bond acceptors (Lipinski definition) is 4. The molecule has 1 amide bonds. The van der Waals surface area contributed by atoms with Crippen LogP contribution in [0.25, 0.3) is 11.5 Å². The Bertz CT molecular complexity index is 637. The maximum absolute atomic E-state index is 12.5. The Morgan fingerprint density at radius 3 is 2.95 bits per heavy atom. The van der Waals surface area contributed by atoms with Gasteiger partial charge in [-0.3, -0.25) is 4.79 Å². The number of carbonyl (C=O) groups is 1. The van der Waals surface area contributed by atoms with Crippen molar-refractivity contribution < 1.29 is 14.3 Å². The van der Waals surface area contributed by atoms with E-state index in [1.54, 1.807) is 23.3 Å². The maximum Gasteiger partial charge on any atom is 0.255 e. The third-order valence-corrected chi connectivity index (χ3v) is 3.92. The molecule has 0 radical (unpaired) electrons. The van der Waals surface area contributed by atoms with Crippen molar-refractivity contribution in [2.24, 2.45) is 5.92 Å². The van der Waals surface area contributed by atoms with Gasteiger partial charge in [-0.1, -0.05) is 0 Å². The van der Waals surface area contributed by atoms with Gasteiger partial charge < -0.3 is 14.4 Å². The first-order chi connectivity index (χ1) is 10.2. The highest BCUT2D eigenvalue weighted by atomic mass is 16.3. The van der Waals surface area contributed by atoms with Crippen molar-refractivity contribution in [1.82, 2.24) is 9.88 Å². The molecule has 1 N–H and O–H groups in total. The molecular weight excluding hydrogens is 268 g/mol. The van der Waals surface area contributed by atoms with E-state index >= 15 is 0 Å². The summed E-state index contributed by atoms with van der Waals surface area (Å²) in [5.41, 5.74) is 2.04. The van der Waals surface area contributed by atoms with Crippen LogP contribution in [0.15, 0.2) is 34.9 Å². The summed E-state index contributed by atoms with van der Waals surface area (Å²) in [7, 11) is 0. The van der Waals surface area contributed by atoms with Crippen molar-refractivity contribution in [2.75, 3.05) is 19.7 Å². The molecule has 2 aromatic rings. The van der Waals surface area contributed by atoms with Crippen LogP contribution >= 0.6 is 0 Å². The van der Waals surface area contributed by atoms with Crippen molar-refractivity contribution >= 4 is 5.91 Å². The quantitative estimate of drug-likeness (QED) is 0.938. The van der Waals surface area contributed by atoms with Gasteiger partial charge in [-0.15, -0.1) is 0 Å². The van der Waals surface area contributed by atoms with E-state index in [2.05, 4.69) is 4.98 Å². The first-order valence-corrected chi connectivity index (χ1v) is 7.10. The second-order valence-electron chi connectivity index (χ2n) is 5.40. The number of rotatable bonds is 3. The highest BCUT2D eigenvalue weighted by Gasteiger charge is 2.27. The fourth-order valence-electron chi connectivity index (χ4n) is 2.69. The lowest BCUT2D eigenvalue weighted by molar-refractivity contribution is 0.0780. The van der Waals surface area contributed by atoms with Crippen molar-refractivity contribution in [2.45, 2.75) is 13.3 Å². The van der Waals surface area contributed by atoms with Gasteiger partial charge in [0, 0.05) is 25.6 Å². The molecule has 1 aliphatic heterocycles. The number of pyridine rings is 1. The van der Waals surface area contributed by atoms with Crippen LogP contribution in [0.3, 0.4) is 0 Å². The monoisotopic (exact) mass is 286 g/mol. The number of carbonyl (C=O) groups excluding carboxylic acids is 1. The number of aliphatic hydroxyl groups is 1. The van der Waals surface area contributed by atoms with E-state index in [9.17, 15) is 9.90 Å². The summed E-state index contributed by atoms with van der Waals surface area (Å²) in [6, 6.07) is 7.26. The SMILES string of the molecule is Cc1nc(-c2ccco2)ccc1C(=O)N1CCC(CO)C1. The number of hydrogen-bond donors (Lipinski definition) is 1. The number of aromatic nitrogens is 1. The molecule has 1 unspecified atom stereocenters. The number of aliphatic hydroxyl groups excluding tert-OH is 1. The highest BCUT2D eigenvalue weighted by molar-refractivity contribution is 5.95. The van der Waals surface area contributed by atoms with E-state index in [-0.39, 0.29) is 18.4 Å². The molecule has 1 fully saturated rings. The smallest absolute Gasteiger partial charge is 0.255 e. The third-order valence-electron chi connectivity index (χ3n) is 3.92. The van der Waals surface area contributed by atoms with E-state index in [0.717, 1.165) is 12.1 Å². The molecule has 5 heteroatoms. The fourth-order valence-corrected chi connectivity index (χ4v) is 2.69. The average Bonchev–Trinajstić information content (AvgIpc) is 3.17. The minimum absolute atomic E-state index is 0.0121. The summed E-state index contributed by atoms with van der Waals surface area (Å²) in [6.07, 6.45) is 2.46. The van der Waals surface area contributed by atoms with Crippen LogP contribution < -0.4 is 0 Å². The first-order valence-electron chi connectivity index (χ1n) is 7.10. The Morgan fingerprint density at radius 1 is 1.48 bits per heavy atom. The predicted molar refractivity (Wildman–Crippen MR) is 77.8 cm³/mol. The number of amides is 1. The van der Waals surface area contributed by atoms with Crippen molar-refractivity contribution in [1.29, 1.82) is 0 Å². The van der Waals surface area contributed by atoms with Gasteiger partial charge in [0.25, 0.3) is 5.91 Å². The van der Waals surface area contributed by atoms with Crippen LogP contribution in [-0.2, 0) is 0 Å². The highest BCUT2D eigenvalue weighted by Crippen LogP contribution is 2.22. The summed E-state index contributed by atoms with van der Waals surface area (Å²) < 4.78 is 5.32. The van der Waals surface area contributed by atoms with Gasteiger partial charge in [0.2, 0.25) is 0 Å². The zero-order valence-electron chi connectivity index (χ0n) is 12.0. The Kier molecular flexibility index (Phi) is 3.75. The van der Waals surface area contributed by atoms with Crippen molar-refractivity contribution in [3.8, 4) is 11.5 Å². The van der Waals surface area contributed by atoms with Gasteiger partial charge in [-0.2, -0.15) is 0 Å². The zero-order chi connectivity index (χ0) is 14.8. The van der Waals surface area contributed by atoms with Gasteiger partial charge in [0.15, 0.2) is 5.76 Å². The molecule has 0 saturated carbocycles. The lowest BCUT2D eigenvalue weighted by Crippen LogP contribution is -2.29. The van der Waals surface area contributed by atoms with E-state index in [4.69, 9.17) is 4.42 Å². The molecular formula is C16H18N2O3. The van der Waals surface area contributed by atoms with Crippen molar-refractivity contribution in [3.63, 3.8) is 0 Å². The van der Waals surface area contributed by atoms with Gasteiger partial charge in [-0.05, 0) is 37.6 Å². The molecule has 1 atom stereocenters. The molecule has 1 saturated heterocycles. The van der Waals surface area contributed by atoms with Crippen LogP contribution in [0.4, 0.5) is 0 Å². The molecule has 3 heterocycles. The Hall–Kier alpha value is -2.14. The molecule has 21 heavy (non-hydrogen) atoms. The Morgan fingerprint density at radius 2 is 2.33 bits per heavy atom. The largest absolute Gasteiger partial charge is 0.463 e. The Labute approximate surface area is 123 Å². The maximum atomic E-state index is 12.5. The summed E-state index contributed by atoms with van der Waals surface area (Å²) >= 11 is 0. The van der Waals surface area contributed by atoms with Gasteiger partial charge in [0.05, 0.1) is 17.5 Å². The molecule has 2 aromatic heterocycles. The van der Waals surface area contributed by atoms with Gasteiger partial charge in [0.1, 0.15) is 5.69 Å². The lowest BCUT2D eigenvalue weighted by atomic mass is 10.1. The van der Waals surface area contributed by atoms with Crippen LogP contribution in [0, 0.1) is 12.8 Å². The van der Waals surface area contributed by atoms with Gasteiger partial charge >= 0.3 is 0 Å². The van der Waals surface area contributed by atoms with Crippen LogP contribution in [-0.4, -0.2) is 40.6 Å². The minimum atomic E-state index is -0.0121. The van der Waals surface area contributed by atoms with E-state index in [1.165, 1.54) is 0 Å². The van der Waals surface area contributed by atoms with E-state index in [1.807, 2.05) is 19.1 Å². The fraction of sp³-hybridized carbons (Fsp3) is 0.375. The molecule has 0 spiro atoms. The second kappa shape index (κ2) is 5.69. The topological polar surface area (TPSA) is 66.6 Å². The summed E-state index contributed by atoms with van der Waals surface area (Å²) in [4.78, 5) is 18.8. The molecule has 0 aliphatic carbocycles. The van der Waals surface area contributed by atoms with Crippen LogP contribution in [0.5, 0.6) is 0 Å². The van der Waals surface area contributed by atoms with E-state index < -0.39 is 0 Å². The van der Waals surface area contributed by atoms with Crippen molar-refractivity contribution in [3.05, 3.63) is 41.8 Å². The molecule has 3 rings (SSSR count). The van der Waals surface area contributed by atoms with E-state index in [0.29, 0.717) is 30.1 Å². The predicted octanol–water partition coefficient (Wildman–Crippen LogP) is 2.10. The lowest BCUT2D eigenvalue weighted by Gasteiger charge is -2.17. The first kappa shape index (κ1) is 13.8. The third kappa shape index (κ3) is 2.69. The normalized spacial score (nSPS) is 18.2. The van der Waals surface area contributed by atoms with Crippen LogP contribution in [0.1, 0.15) is 22.5 Å². The number of furan rings is 1. The zero-order valence-corrected chi connectivity index (χ0v) is 12.0. The number of aryl methyl sites for hydroxylation is 1. The number of likely N-dealkylation sites (tertiary alicyclic amines) is 1.